The van der Waals surface area contributed by atoms with Crippen molar-refractivity contribution in [2.24, 2.45) is 0 Å². The van der Waals surface area contributed by atoms with Crippen LogP contribution in [0.2, 0.25) is 0 Å². The zero-order valence-electron chi connectivity index (χ0n) is 6.75. The Labute approximate surface area is 71.1 Å². The highest BCUT2D eigenvalue weighted by atomic mass is 32.2. The predicted molar refractivity (Wildman–Crippen MR) is 46.4 cm³/mol. The first-order valence-electron chi connectivity index (χ1n) is 2.90. The Balaban J connectivity index is 4.86. The van der Waals surface area contributed by atoms with Gasteiger partial charge < -0.3 is 4.90 Å². The van der Waals surface area contributed by atoms with Crippen LogP contribution in [0.3, 0.4) is 0 Å². The number of nitriles is 1. The monoisotopic (exact) mass is 167 g/mol. The fraction of sp³-hybridized carbons (Fsp3) is 0.429. The molecular formula is C7H9N3S. The van der Waals surface area contributed by atoms with Gasteiger partial charge in [-0.1, -0.05) is 0 Å². The lowest BCUT2D eigenvalue weighted by Gasteiger charge is -2.14. The molecule has 0 bridgehead atoms. The molecule has 0 rings (SSSR count). The normalized spacial score (nSPS) is 11.0. The molecule has 0 aliphatic carbocycles. The van der Waals surface area contributed by atoms with Crippen molar-refractivity contribution in [3.05, 3.63) is 22.1 Å². The summed E-state index contributed by atoms with van der Waals surface area (Å²) in [6, 6.07) is 1.85. The highest BCUT2D eigenvalue weighted by Crippen LogP contribution is 2.19. The van der Waals surface area contributed by atoms with E-state index < -0.39 is 0 Å². The van der Waals surface area contributed by atoms with E-state index in [0.29, 0.717) is 5.03 Å². The molecule has 58 valence electrons. The maximum absolute atomic E-state index is 8.51. The lowest BCUT2D eigenvalue weighted by Crippen LogP contribution is -2.09. The average molecular weight is 167 g/mol. The van der Waals surface area contributed by atoms with Crippen LogP contribution in [0.15, 0.2) is 10.7 Å². The largest absolute Gasteiger partial charge is 0.380 e. The van der Waals surface area contributed by atoms with Gasteiger partial charge in [0.05, 0.1) is 17.7 Å². The highest BCUT2D eigenvalue weighted by Gasteiger charge is 2.05. The van der Waals surface area contributed by atoms with Crippen LogP contribution in [0, 0.1) is 17.9 Å². The molecule has 0 heterocycles. The number of allylic oxidation sites excluding steroid dienone is 1. The van der Waals surface area contributed by atoms with Gasteiger partial charge in [0.15, 0.2) is 0 Å². The van der Waals surface area contributed by atoms with Crippen molar-refractivity contribution < 1.29 is 0 Å². The Morgan fingerprint density at radius 1 is 1.64 bits per heavy atom. The first-order chi connectivity index (χ1) is 5.17. The van der Waals surface area contributed by atoms with E-state index in [1.165, 1.54) is 11.8 Å². The second-order valence-corrected chi connectivity index (χ2v) is 2.77. The Bertz CT molecular complexity index is 225. The third-order valence-electron chi connectivity index (χ3n) is 1.02. The van der Waals surface area contributed by atoms with Crippen LogP contribution in [-0.2, 0) is 0 Å². The summed E-state index contributed by atoms with van der Waals surface area (Å²) in [5.74, 6) is 0. The van der Waals surface area contributed by atoms with Crippen molar-refractivity contribution >= 4 is 11.8 Å². The van der Waals surface area contributed by atoms with E-state index in [9.17, 15) is 0 Å². The molecular weight excluding hydrogens is 158 g/mol. The van der Waals surface area contributed by atoms with E-state index in [4.69, 9.17) is 11.8 Å². The smallest absolute Gasteiger partial charge is 0.290 e. The summed E-state index contributed by atoms with van der Waals surface area (Å²) in [6.07, 6.45) is 1.85. The molecule has 0 spiro atoms. The summed E-state index contributed by atoms with van der Waals surface area (Å²) in [5.41, 5.74) is 0.155. The zero-order valence-corrected chi connectivity index (χ0v) is 7.57. The van der Waals surface area contributed by atoms with Crippen LogP contribution in [0.1, 0.15) is 0 Å². The van der Waals surface area contributed by atoms with Gasteiger partial charge in [-0.15, -0.1) is 11.8 Å². The lowest BCUT2D eigenvalue weighted by atomic mass is 10.5. The molecule has 0 aromatic heterocycles. The molecule has 0 saturated carbocycles. The summed E-state index contributed by atoms with van der Waals surface area (Å²) in [6.45, 7) is 6.69. The maximum Gasteiger partial charge on any atom is 0.290 e. The van der Waals surface area contributed by atoms with Gasteiger partial charge in [-0.2, -0.15) is 0 Å². The van der Waals surface area contributed by atoms with Crippen molar-refractivity contribution in [3.63, 3.8) is 0 Å². The third kappa shape index (κ3) is 2.53. The van der Waals surface area contributed by atoms with Gasteiger partial charge in [-0.25, -0.2) is 10.1 Å². The number of thioether (sulfide) groups is 1. The van der Waals surface area contributed by atoms with E-state index in [-0.39, 0.29) is 5.70 Å². The lowest BCUT2D eigenvalue weighted by molar-refractivity contribution is 0.548. The molecule has 0 atom stereocenters. The van der Waals surface area contributed by atoms with Crippen LogP contribution in [0.25, 0.3) is 4.85 Å². The van der Waals surface area contributed by atoms with E-state index in [0.717, 1.165) is 0 Å². The Kier molecular flexibility index (Phi) is 4.17. The Hall–Kier alpha value is -1.13. The first kappa shape index (κ1) is 9.87. The van der Waals surface area contributed by atoms with Crippen molar-refractivity contribution in [1.82, 2.24) is 4.90 Å². The molecule has 0 aliphatic heterocycles. The molecule has 0 saturated heterocycles. The second kappa shape index (κ2) is 4.65. The first-order valence-corrected chi connectivity index (χ1v) is 4.13. The predicted octanol–water partition coefficient (Wildman–Crippen LogP) is 1.52. The molecule has 0 unspecified atom stereocenters. The van der Waals surface area contributed by atoms with Gasteiger partial charge in [0.25, 0.3) is 5.70 Å². The van der Waals surface area contributed by atoms with Gasteiger partial charge >= 0.3 is 0 Å². The molecule has 0 aromatic rings. The van der Waals surface area contributed by atoms with Gasteiger partial charge in [0.2, 0.25) is 0 Å². The van der Waals surface area contributed by atoms with Crippen LogP contribution < -0.4 is 0 Å². The van der Waals surface area contributed by atoms with Crippen LogP contribution in [-0.4, -0.2) is 25.3 Å². The molecule has 0 aromatic carbocycles. The molecule has 0 N–H and O–H groups in total. The summed E-state index contributed by atoms with van der Waals surface area (Å²) in [4.78, 5) is 4.87. The molecule has 11 heavy (non-hydrogen) atoms. The van der Waals surface area contributed by atoms with Crippen LogP contribution in [0.5, 0.6) is 0 Å². The molecule has 3 nitrogen and oxygen atoms in total. The van der Waals surface area contributed by atoms with E-state index in [2.05, 4.69) is 4.85 Å². The van der Waals surface area contributed by atoms with Crippen LogP contribution >= 0.6 is 11.8 Å². The van der Waals surface area contributed by atoms with E-state index in [1.807, 2.05) is 26.4 Å². The molecule has 4 heteroatoms. The summed E-state index contributed by atoms with van der Waals surface area (Å²) >= 11 is 1.40. The summed E-state index contributed by atoms with van der Waals surface area (Å²) in [5, 5.41) is 9.23. The second-order valence-electron chi connectivity index (χ2n) is 1.98. The van der Waals surface area contributed by atoms with Gasteiger partial charge in [0, 0.05) is 14.1 Å². The molecule has 0 amide bonds. The van der Waals surface area contributed by atoms with Crippen LogP contribution in [0.4, 0.5) is 0 Å². The minimum absolute atomic E-state index is 0.155. The highest BCUT2D eigenvalue weighted by molar-refractivity contribution is 8.02. The molecule has 0 radical (unpaired) electrons. The average Bonchev–Trinajstić information content (AvgIpc) is 1.99. The SMILES string of the molecule is [C-]#[N+]/C(C#N)=C(/SC)N(C)C. The molecule has 0 aliphatic rings. The van der Waals surface area contributed by atoms with Crippen molar-refractivity contribution in [1.29, 1.82) is 5.26 Å². The Morgan fingerprint density at radius 3 is 2.27 bits per heavy atom. The van der Waals surface area contributed by atoms with Crippen molar-refractivity contribution in [3.8, 4) is 6.07 Å². The summed E-state index contributed by atoms with van der Waals surface area (Å²) in [7, 11) is 3.63. The molecule has 0 fully saturated rings. The Morgan fingerprint density at radius 2 is 2.18 bits per heavy atom. The minimum Gasteiger partial charge on any atom is -0.380 e. The standard InChI is InChI=1S/C7H9N3S/c1-9-6(5-8)7(11-4)10(2)3/h2-4H3/b7-6+. The van der Waals surface area contributed by atoms with E-state index in [1.54, 1.807) is 4.90 Å². The topological polar surface area (TPSA) is 31.4 Å². The fourth-order valence-electron chi connectivity index (χ4n) is 0.612. The third-order valence-corrected chi connectivity index (χ3v) is 1.97. The number of nitrogens with zero attached hydrogens (tertiary/aromatic N) is 3. The van der Waals surface area contributed by atoms with Crippen molar-refractivity contribution in [2.45, 2.75) is 0 Å². The van der Waals surface area contributed by atoms with Gasteiger partial charge in [-0.3, -0.25) is 0 Å². The van der Waals surface area contributed by atoms with Gasteiger partial charge in [-0.05, 0) is 6.26 Å². The van der Waals surface area contributed by atoms with Gasteiger partial charge in [0.1, 0.15) is 0 Å². The van der Waals surface area contributed by atoms with Crippen molar-refractivity contribution in [2.75, 3.05) is 20.4 Å². The van der Waals surface area contributed by atoms with E-state index >= 15 is 0 Å². The number of hydrogen-bond acceptors (Lipinski definition) is 3. The quantitative estimate of drug-likeness (QED) is 0.461. The summed E-state index contributed by atoms with van der Waals surface area (Å²) < 4.78 is 0. The number of rotatable bonds is 2. The zero-order chi connectivity index (χ0) is 8.85. The minimum atomic E-state index is 0.155. The number of hydrogen-bond donors (Lipinski definition) is 0. The fourth-order valence-corrected chi connectivity index (χ4v) is 1.26. The maximum atomic E-state index is 8.51.